The van der Waals surface area contributed by atoms with Gasteiger partial charge in [0.05, 0.1) is 38.6 Å². The van der Waals surface area contributed by atoms with Crippen molar-refractivity contribution in [2.24, 2.45) is 0 Å². The summed E-state index contributed by atoms with van der Waals surface area (Å²) in [6.07, 6.45) is 1.53. The van der Waals surface area contributed by atoms with E-state index in [1.54, 1.807) is 12.1 Å². The molecule has 8 nitrogen and oxygen atoms in total. The molecule has 0 unspecified atom stereocenters. The Labute approximate surface area is 157 Å². The standard InChI is InChI=1S/C19H23NO7/c1-23-17(21)14-7-12-10-20-4-3-19(26-5-6-27-19)9-13(20)11-25-16(12)8-15(14)18(22)24-2/h7-8,13H,3-6,9-11H2,1-2H3/t13-/m0/s1. The molecule has 146 valence electrons. The van der Waals surface area contributed by atoms with E-state index < -0.39 is 17.7 Å². The predicted molar refractivity (Wildman–Crippen MR) is 92.7 cm³/mol. The highest BCUT2D eigenvalue weighted by Crippen LogP contribution is 2.38. The number of fused-ring (bicyclic) bond motifs is 2. The fourth-order valence-electron chi connectivity index (χ4n) is 4.06. The van der Waals surface area contributed by atoms with E-state index in [0.717, 1.165) is 24.9 Å². The molecule has 3 aliphatic rings. The number of ether oxygens (including phenoxy) is 5. The molecule has 1 aromatic carbocycles. The zero-order valence-electron chi connectivity index (χ0n) is 15.5. The summed E-state index contributed by atoms with van der Waals surface area (Å²) in [5.41, 5.74) is 1.16. The van der Waals surface area contributed by atoms with E-state index in [2.05, 4.69) is 4.90 Å². The molecule has 0 N–H and O–H groups in total. The number of esters is 2. The highest BCUT2D eigenvalue weighted by Gasteiger charge is 2.45. The molecule has 3 aliphatic heterocycles. The van der Waals surface area contributed by atoms with E-state index in [-0.39, 0.29) is 17.2 Å². The Morgan fingerprint density at radius 1 is 1.11 bits per heavy atom. The van der Waals surface area contributed by atoms with E-state index in [4.69, 9.17) is 23.7 Å². The first-order chi connectivity index (χ1) is 13.0. The molecule has 1 atom stereocenters. The molecule has 0 radical (unpaired) electrons. The summed E-state index contributed by atoms with van der Waals surface area (Å²) >= 11 is 0. The maximum Gasteiger partial charge on any atom is 0.338 e. The van der Waals surface area contributed by atoms with Gasteiger partial charge in [-0.2, -0.15) is 0 Å². The Hall–Kier alpha value is -2.16. The van der Waals surface area contributed by atoms with E-state index in [1.165, 1.54) is 14.2 Å². The maximum atomic E-state index is 12.2. The monoisotopic (exact) mass is 377 g/mol. The Morgan fingerprint density at radius 3 is 2.44 bits per heavy atom. The number of carbonyl (C=O) groups excluding carboxylic acids is 2. The van der Waals surface area contributed by atoms with Crippen LogP contribution in [0.3, 0.4) is 0 Å². The smallest absolute Gasteiger partial charge is 0.338 e. The van der Waals surface area contributed by atoms with Gasteiger partial charge < -0.3 is 23.7 Å². The summed E-state index contributed by atoms with van der Waals surface area (Å²) in [6.45, 7) is 3.12. The van der Waals surface area contributed by atoms with Crippen molar-refractivity contribution >= 4 is 11.9 Å². The summed E-state index contributed by atoms with van der Waals surface area (Å²) in [6, 6.07) is 3.37. The first kappa shape index (κ1) is 18.2. The molecule has 4 rings (SSSR count). The topological polar surface area (TPSA) is 83.5 Å². The summed E-state index contributed by atoms with van der Waals surface area (Å²) in [5.74, 6) is -1.10. The molecule has 0 aliphatic carbocycles. The van der Waals surface area contributed by atoms with E-state index >= 15 is 0 Å². The number of rotatable bonds is 2. The van der Waals surface area contributed by atoms with Crippen LogP contribution in [0.15, 0.2) is 12.1 Å². The molecule has 0 aromatic heterocycles. The highest BCUT2D eigenvalue weighted by molar-refractivity contribution is 6.03. The third kappa shape index (κ3) is 3.28. The second kappa shape index (κ2) is 7.10. The average Bonchev–Trinajstić information content (AvgIpc) is 3.06. The van der Waals surface area contributed by atoms with Gasteiger partial charge in [-0.1, -0.05) is 0 Å². The van der Waals surface area contributed by atoms with Gasteiger partial charge in [-0.15, -0.1) is 0 Å². The van der Waals surface area contributed by atoms with Crippen LogP contribution in [0.1, 0.15) is 39.1 Å². The Bertz CT molecular complexity index is 757. The van der Waals surface area contributed by atoms with Crippen molar-refractivity contribution in [2.75, 3.05) is 40.6 Å². The van der Waals surface area contributed by atoms with Gasteiger partial charge in [-0.05, 0) is 12.1 Å². The normalized spacial score (nSPS) is 23.7. The van der Waals surface area contributed by atoms with Crippen molar-refractivity contribution in [1.82, 2.24) is 4.90 Å². The van der Waals surface area contributed by atoms with E-state index in [9.17, 15) is 9.59 Å². The first-order valence-electron chi connectivity index (χ1n) is 9.03. The molecule has 3 heterocycles. The molecule has 0 amide bonds. The van der Waals surface area contributed by atoms with Gasteiger partial charge in [0.25, 0.3) is 0 Å². The van der Waals surface area contributed by atoms with Crippen LogP contribution in [-0.4, -0.2) is 69.3 Å². The molecule has 0 saturated carbocycles. The second-order valence-electron chi connectivity index (χ2n) is 6.99. The van der Waals surface area contributed by atoms with Gasteiger partial charge in [-0.3, -0.25) is 4.90 Å². The SMILES string of the molecule is COC(=O)c1cc2c(cc1C(=O)OC)OC[C@@H]1CC3(CCN1C2)OCCO3. The minimum absolute atomic E-state index is 0.132. The molecule has 8 heteroatoms. The zero-order chi connectivity index (χ0) is 19.0. The van der Waals surface area contributed by atoms with Crippen molar-refractivity contribution in [3.05, 3.63) is 28.8 Å². The van der Waals surface area contributed by atoms with Crippen LogP contribution in [0, 0.1) is 0 Å². The third-order valence-electron chi connectivity index (χ3n) is 5.47. The van der Waals surface area contributed by atoms with Crippen LogP contribution in [0.4, 0.5) is 0 Å². The van der Waals surface area contributed by atoms with E-state index in [0.29, 0.717) is 32.1 Å². The van der Waals surface area contributed by atoms with Gasteiger partial charge >= 0.3 is 11.9 Å². The number of methoxy groups -OCH3 is 2. The Balaban J connectivity index is 1.64. The molecule has 2 saturated heterocycles. The lowest BCUT2D eigenvalue weighted by atomic mass is 9.95. The lowest BCUT2D eigenvalue weighted by Gasteiger charge is -2.42. The fourth-order valence-corrected chi connectivity index (χ4v) is 4.06. The van der Waals surface area contributed by atoms with Crippen LogP contribution >= 0.6 is 0 Å². The molecule has 1 spiro atoms. The minimum atomic E-state index is -0.601. The number of hydrogen-bond acceptors (Lipinski definition) is 8. The van der Waals surface area contributed by atoms with Crippen LogP contribution in [0.2, 0.25) is 0 Å². The highest BCUT2D eigenvalue weighted by atomic mass is 16.7. The lowest BCUT2D eigenvalue weighted by Crippen LogP contribution is -2.52. The Kier molecular flexibility index (Phi) is 4.79. The molecular weight excluding hydrogens is 354 g/mol. The molecule has 2 fully saturated rings. The van der Waals surface area contributed by atoms with Gasteiger partial charge in [0.1, 0.15) is 12.4 Å². The van der Waals surface area contributed by atoms with Crippen molar-refractivity contribution in [3.63, 3.8) is 0 Å². The first-order valence-corrected chi connectivity index (χ1v) is 9.03. The van der Waals surface area contributed by atoms with Gasteiger partial charge in [-0.25, -0.2) is 9.59 Å². The molecule has 1 aromatic rings. The number of carbonyl (C=O) groups is 2. The van der Waals surface area contributed by atoms with Crippen LogP contribution < -0.4 is 4.74 Å². The summed E-state index contributed by atoms with van der Waals surface area (Å²) in [5, 5.41) is 0. The number of nitrogens with zero attached hydrogens (tertiary/aromatic N) is 1. The minimum Gasteiger partial charge on any atom is -0.492 e. The molecule has 0 bridgehead atoms. The molecule has 27 heavy (non-hydrogen) atoms. The fraction of sp³-hybridized carbons (Fsp3) is 0.579. The zero-order valence-corrected chi connectivity index (χ0v) is 15.5. The number of hydrogen-bond donors (Lipinski definition) is 0. The maximum absolute atomic E-state index is 12.2. The second-order valence-corrected chi connectivity index (χ2v) is 6.99. The van der Waals surface area contributed by atoms with Gasteiger partial charge in [0, 0.05) is 37.5 Å². The van der Waals surface area contributed by atoms with Crippen LogP contribution in [0.5, 0.6) is 5.75 Å². The van der Waals surface area contributed by atoms with E-state index in [1.807, 2.05) is 0 Å². The summed E-state index contributed by atoms with van der Waals surface area (Å²) in [4.78, 5) is 26.6. The van der Waals surface area contributed by atoms with Crippen LogP contribution in [0.25, 0.3) is 0 Å². The van der Waals surface area contributed by atoms with Crippen molar-refractivity contribution < 1.29 is 33.3 Å². The Morgan fingerprint density at radius 2 is 1.78 bits per heavy atom. The average molecular weight is 377 g/mol. The largest absolute Gasteiger partial charge is 0.492 e. The van der Waals surface area contributed by atoms with Crippen molar-refractivity contribution in [2.45, 2.75) is 31.2 Å². The van der Waals surface area contributed by atoms with Gasteiger partial charge in [0.2, 0.25) is 0 Å². The van der Waals surface area contributed by atoms with Gasteiger partial charge in [0.15, 0.2) is 5.79 Å². The third-order valence-corrected chi connectivity index (χ3v) is 5.47. The summed E-state index contributed by atoms with van der Waals surface area (Å²) < 4.78 is 27.4. The van der Waals surface area contributed by atoms with Crippen molar-refractivity contribution in [1.29, 1.82) is 0 Å². The lowest BCUT2D eigenvalue weighted by molar-refractivity contribution is -0.199. The number of benzene rings is 1. The summed E-state index contributed by atoms with van der Waals surface area (Å²) in [7, 11) is 2.56. The quantitative estimate of drug-likeness (QED) is 0.715. The predicted octanol–water partition coefficient (Wildman–Crippen LogP) is 1.36. The van der Waals surface area contributed by atoms with Crippen LogP contribution in [-0.2, 0) is 25.5 Å². The number of piperidine rings is 1. The van der Waals surface area contributed by atoms with Crippen molar-refractivity contribution in [3.8, 4) is 5.75 Å². The molecular formula is C19H23NO7.